The van der Waals surface area contributed by atoms with Crippen molar-refractivity contribution in [3.63, 3.8) is 0 Å². The molecule has 5 heteroatoms. The van der Waals surface area contributed by atoms with E-state index in [0.29, 0.717) is 18.1 Å². The third-order valence-corrected chi connectivity index (χ3v) is 5.50. The van der Waals surface area contributed by atoms with E-state index in [2.05, 4.69) is 11.6 Å². The molecule has 1 aliphatic heterocycles. The largest absolute Gasteiger partial charge is 0.481 e. The Bertz CT molecular complexity index is 811. The van der Waals surface area contributed by atoms with Gasteiger partial charge in [-0.25, -0.2) is 0 Å². The third-order valence-electron chi connectivity index (χ3n) is 5.09. The molecule has 0 saturated carbocycles. The van der Waals surface area contributed by atoms with E-state index in [4.69, 9.17) is 16.3 Å². The van der Waals surface area contributed by atoms with Crippen LogP contribution in [0.15, 0.2) is 24.8 Å². The van der Waals surface area contributed by atoms with Crippen LogP contribution in [0.3, 0.4) is 0 Å². The lowest BCUT2D eigenvalue weighted by Gasteiger charge is -2.39. The number of allylic oxidation sites excluding steroid dienone is 1. The lowest BCUT2D eigenvalue weighted by Crippen LogP contribution is -2.38. The molecule has 2 unspecified atom stereocenters. The lowest BCUT2D eigenvalue weighted by atomic mass is 9.81. The van der Waals surface area contributed by atoms with Gasteiger partial charge in [0.1, 0.15) is 5.60 Å². The van der Waals surface area contributed by atoms with Crippen molar-refractivity contribution in [3.05, 3.63) is 46.6 Å². The number of hydrogen-bond acceptors (Lipinski definition) is 2. The number of rotatable bonds is 5. The van der Waals surface area contributed by atoms with Gasteiger partial charge in [0.2, 0.25) is 0 Å². The first-order valence-corrected chi connectivity index (χ1v) is 8.59. The van der Waals surface area contributed by atoms with Crippen molar-refractivity contribution in [1.82, 2.24) is 4.98 Å². The maximum absolute atomic E-state index is 11.5. The molecule has 0 amide bonds. The average Bonchev–Trinajstić information content (AvgIpc) is 2.94. The molecule has 24 heavy (non-hydrogen) atoms. The highest BCUT2D eigenvalue weighted by Crippen LogP contribution is 2.47. The molecule has 2 N–H and O–H groups in total. The molecule has 1 aromatic carbocycles. The van der Waals surface area contributed by atoms with E-state index in [1.807, 2.05) is 32.1 Å². The Labute approximate surface area is 146 Å². The van der Waals surface area contributed by atoms with Crippen LogP contribution in [0.2, 0.25) is 5.02 Å². The Hall–Kier alpha value is -1.78. The maximum Gasteiger partial charge on any atom is 0.306 e. The van der Waals surface area contributed by atoms with Crippen molar-refractivity contribution in [2.24, 2.45) is 0 Å². The number of carboxylic acids is 1. The summed E-state index contributed by atoms with van der Waals surface area (Å²) < 4.78 is 6.12. The zero-order chi connectivity index (χ0) is 17.5. The van der Waals surface area contributed by atoms with Crippen molar-refractivity contribution >= 4 is 28.5 Å². The lowest BCUT2D eigenvalue weighted by molar-refractivity contribution is -0.149. The van der Waals surface area contributed by atoms with Crippen LogP contribution in [0, 0.1) is 6.92 Å². The monoisotopic (exact) mass is 347 g/mol. The van der Waals surface area contributed by atoms with E-state index >= 15 is 0 Å². The minimum atomic E-state index is -0.863. The summed E-state index contributed by atoms with van der Waals surface area (Å²) in [4.78, 5) is 14.9. The Morgan fingerprint density at radius 1 is 1.58 bits per heavy atom. The van der Waals surface area contributed by atoms with Gasteiger partial charge in [0.25, 0.3) is 0 Å². The van der Waals surface area contributed by atoms with Crippen LogP contribution in [0.1, 0.15) is 48.9 Å². The number of H-pyrrole nitrogens is 1. The minimum Gasteiger partial charge on any atom is -0.481 e. The molecule has 4 nitrogen and oxygen atoms in total. The van der Waals surface area contributed by atoms with Crippen LogP contribution in [0.4, 0.5) is 0 Å². The van der Waals surface area contributed by atoms with E-state index < -0.39 is 11.6 Å². The smallest absolute Gasteiger partial charge is 0.306 e. The molecular weight excluding hydrogens is 326 g/mol. The number of fused-ring (bicyclic) bond motifs is 3. The first-order valence-electron chi connectivity index (χ1n) is 8.21. The molecular formula is C19H22ClNO3. The standard InChI is InChI=1S/C19H22ClNO3/c1-4-6-12-10-24-19(5-2,9-15(22)23)18-16(12)13-7-8-14(20)11(3)17(13)21-18/h4,7-8,12,21H,1,5-6,9-10H2,2-3H3,(H,22,23). The topological polar surface area (TPSA) is 62.3 Å². The van der Waals surface area contributed by atoms with Gasteiger partial charge in [-0.1, -0.05) is 30.7 Å². The molecule has 2 heterocycles. The van der Waals surface area contributed by atoms with Gasteiger partial charge < -0.3 is 14.8 Å². The molecule has 2 aromatic rings. The fourth-order valence-corrected chi connectivity index (χ4v) is 3.93. The van der Waals surface area contributed by atoms with E-state index in [-0.39, 0.29) is 12.3 Å². The number of aryl methyl sites for hydroxylation is 1. The molecule has 2 atom stereocenters. The molecule has 0 bridgehead atoms. The molecule has 0 aliphatic carbocycles. The van der Waals surface area contributed by atoms with Crippen molar-refractivity contribution in [1.29, 1.82) is 0 Å². The summed E-state index contributed by atoms with van der Waals surface area (Å²) in [7, 11) is 0. The second-order valence-electron chi connectivity index (χ2n) is 6.46. The number of aliphatic carboxylic acids is 1. The Morgan fingerprint density at radius 2 is 2.33 bits per heavy atom. The molecule has 0 fully saturated rings. The van der Waals surface area contributed by atoms with E-state index in [1.54, 1.807) is 0 Å². The highest BCUT2D eigenvalue weighted by atomic mass is 35.5. The number of ether oxygens (including phenoxy) is 1. The van der Waals surface area contributed by atoms with Gasteiger partial charge in [0, 0.05) is 16.3 Å². The van der Waals surface area contributed by atoms with Crippen LogP contribution in [-0.4, -0.2) is 22.7 Å². The number of benzene rings is 1. The Balaban J connectivity index is 2.30. The van der Waals surface area contributed by atoms with Crippen LogP contribution in [-0.2, 0) is 15.1 Å². The number of aromatic amines is 1. The number of hydrogen-bond donors (Lipinski definition) is 2. The van der Waals surface area contributed by atoms with Crippen molar-refractivity contribution in [2.45, 2.75) is 44.6 Å². The first-order chi connectivity index (χ1) is 11.4. The molecule has 0 saturated heterocycles. The zero-order valence-corrected chi connectivity index (χ0v) is 14.7. The summed E-state index contributed by atoms with van der Waals surface area (Å²) in [5.74, 6) is -0.696. The SMILES string of the molecule is C=CCC1COC(CC)(CC(=O)O)c2[nH]c3c(C)c(Cl)ccc3c21. The van der Waals surface area contributed by atoms with Gasteiger partial charge in [-0.05, 0) is 37.0 Å². The number of aromatic nitrogens is 1. The van der Waals surface area contributed by atoms with Crippen LogP contribution >= 0.6 is 11.6 Å². The summed E-state index contributed by atoms with van der Waals surface area (Å²) in [6, 6.07) is 3.92. The van der Waals surface area contributed by atoms with Crippen LogP contribution in [0.5, 0.6) is 0 Å². The Morgan fingerprint density at radius 3 is 2.96 bits per heavy atom. The molecule has 0 radical (unpaired) electrons. The van der Waals surface area contributed by atoms with Crippen LogP contribution < -0.4 is 0 Å². The number of nitrogens with one attached hydrogen (secondary N) is 1. The fourth-order valence-electron chi connectivity index (χ4n) is 3.77. The van der Waals surface area contributed by atoms with Gasteiger partial charge in [-0.15, -0.1) is 6.58 Å². The normalized spacial score (nSPS) is 23.2. The summed E-state index contributed by atoms with van der Waals surface area (Å²) in [6.07, 6.45) is 3.20. The number of carbonyl (C=O) groups is 1. The van der Waals surface area contributed by atoms with E-state index in [0.717, 1.165) is 34.1 Å². The van der Waals surface area contributed by atoms with Crippen molar-refractivity contribution in [3.8, 4) is 0 Å². The summed E-state index contributed by atoms with van der Waals surface area (Å²) in [5.41, 5.74) is 3.15. The van der Waals surface area contributed by atoms with Crippen LogP contribution in [0.25, 0.3) is 10.9 Å². The average molecular weight is 348 g/mol. The van der Waals surface area contributed by atoms with Gasteiger partial charge in [0.05, 0.1) is 24.2 Å². The highest BCUT2D eigenvalue weighted by molar-refractivity contribution is 6.32. The second kappa shape index (κ2) is 6.26. The summed E-state index contributed by atoms with van der Waals surface area (Å²) in [6.45, 7) is 8.28. The number of carboxylic acid groups (broad SMARTS) is 1. The predicted octanol–water partition coefficient (Wildman–Crippen LogP) is 4.90. The maximum atomic E-state index is 11.5. The fraction of sp³-hybridized carbons (Fsp3) is 0.421. The minimum absolute atomic E-state index is 0.0586. The van der Waals surface area contributed by atoms with Crippen molar-refractivity contribution < 1.29 is 14.6 Å². The van der Waals surface area contributed by atoms with Gasteiger partial charge in [0.15, 0.2) is 0 Å². The van der Waals surface area contributed by atoms with Crippen molar-refractivity contribution in [2.75, 3.05) is 6.61 Å². The molecule has 1 aromatic heterocycles. The van der Waals surface area contributed by atoms with E-state index in [1.165, 1.54) is 0 Å². The predicted molar refractivity (Wildman–Crippen MR) is 95.8 cm³/mol. The summed E-state index contributed by atoms with van der Waals surface area (Å²) in [5, 5.41) is 11.2. The molecule has 128 valence electrons. The van der Waals surface area contributed by atoms with Gasteiger partial charge in [-0.3, -0.25) is 4.79 Å². The molecule has 3 rings (SSSR count). The number of halogens is 1. The first kappa shape index (κ1) is 17.1. The highest BCUT2D eigenvalue weighted by Gasteiger charge is 2.43. The summed E-state index contributed by atoms with van der Waals surface area (Å²) >= 11 is 6.28. The zero-order valence-electron chi connectivity index (χ0n) is 14.0. The molecule has 0 spiro atoms. The molecule has 1 aliphatic rings. The van der Waals surface area contributed by atoms with Gasteiger partial charge >= 0.3 is 5.97 Å². The third kappa shape index (κ3) is 2.54. The van der Waals surface area contributed by atoms with Gasteiger partial charge in [-0.2, -0.15) is 0 Å². The van der Waals surface area contributed by atoms with E-state index in [9.17, 15) is 9.90 Å². The second-order valence-corrected chi connectivity index (χ2v) is 6.87. The Kier molecular flexibility index (Phi) is 4.45. The quantitative estimate of drug-likeness (QED) is 0.756.